The molecule has 0 radical (unpaired) electrons. The molecule has 0 bridgehead atoms. The highest BCUT2D eigenvalue weighted by atomic mass is 16.5. The lowest BCUT2D eigenvalue weighted by Crippen LogP contribution is -2.43. The van der Waals surface area contributed by atoms with Crippen LogP contribution in [0.25, 0.3) is 0 Å². The highest BCUT2D eigenvalue weighted by Crippen LogP contribution is 2.13. The largest absolute Gasteiger partial charge is 0.453 e. The molecule has 82 valence electrons. The maximum absolute atomic E-state index is 11.2. The van der Waals surface area contributed by atoms with E-state index in [1.54, 1.807) is 4.90 Å². The van der Waals surface area contributed by atoms with E-state index in [1.165, 1.54) is 7.11 Å². The van der Waals surface area contributed by atoms with Crippen molar-refractivity contribution in [3.05, 3.63) is 0 Å². The second-order valence-corrected chi connectivity index (χ2v) is 3.34. The van der Waals surface area contributed by atoms with Crippen LogP contribution in [-0.4, -0.2) is 50.4 Å². The predicted molar refractivity (Wildman–Crippen MR) is 52.0 cm³/mol. The third-order valence-electron chi connectivity index (χ3n) is 2.28. The number of methoxy groups -OCH3 is 1. The summed E-state index contributed by atoms with van der Waals surface area (Å²) in [5.74, 6) is 0. The Balaban J connectivity index is 2.31. The minimum atomic E-state index is -0.272. The Morgan fingerprint density at radius 2 is 2.43 bits per heavy atom. The molecular formula is C9H18N2O3. The first-order chi connectivity index (χ1) is 6.77. The first-order valence-electron chi connectivity index (χ1n) is 4.92. The molecule has 1 atom stereocenters. The molecule has 1 rings (SSSR count). The van der Waals surface area contributed by atoms with Crippen molar-refractivity contribution >= 4 is 6.09 Å². The van der Waals surface area contributed by atoms with E-state index in [4.69, 9.17) is 10.5 Å². The highest BCUT2D eigenvalue weighted by molar-refractivity contribution is 5.67. The number of likely N-dealkylation sites (tertiary alicyclic amines) is 1. The van der Waals surface area contributed by atoms with Gasteiger partial charge in [-0.05, 0) is 12.8 Å². The van der Waals surface area contributed by atoms with E-state index < -0.39 is 0 Å². The van der Waals surface area contributed by atoms with Crippen molar-refractivity contribution in [2.75, 3.05) is 33.4 Å². The van der Waals surface area contributed by atoms with Gasteiger partial charge in [0.15, 0.2) is 0 Å². The second-order valence-electron chi connectivity index (χ2n) is 3.34. The van der Waals surface area contributed by atoms with Crippen molar-refractivity contribution in [2.45, 2.75) is 18.9 Å². The van der Waals surface area contributed by atoms with Crippen LogP contribution < -0.4 is 5.73 Å². The Hall–Kier alpha value is -0.810. The van der Waals surface area contributed by atoms with Crippen LogP contribution in [0.2, 0.25) is 0 Å². The molecule has 0 aromatic rings. The molecule has 1 fully saturated rings. The van der Waals surface area contributed by atoms with Gasteiger partial charge < -0.3 is 20.1 Å². The van der Waals surface area contributed by atoms with Gasteiger partial charge in [0.25, 0.3) is 0 Å². The maximum Gasteiger partial charge on any atom is 0.409 e. The predicted octanol–water partition coefficient (Wildman–Crippen LogP) is 0.193. The van der Waals surface area contributed by atoms with E-state index in [0.717, 1.165) is 19.4 Å². The van der Waals surface area contributed by atoms with Crippen LogP contribution >= 0.6 is 0 Å². The summed E-state index contributed by atoms with van der Waals surface area (Å²) < 4.78 is 10.1. The Labute approximate surface area is 84.1 Å². The Kier molecular flexibility index (Phi) is 4.69. The fourth-order valence-electron chi connectivity index (χ4n) is 1.60. The minimum Gasteiger partial charge on any atom is -0.453 e. The first-order valence-corrected chi connectivity index (χ1v) is 4.92. The molecule has 1 amide bonds. The van der Waals surface area contributed by atoms with Gasteiger partial charge in [-0.15, -0.1) is 0 Å². The minimum absolute atomic E-state index is 0.117. The molecule has 0 aromatic heterocycles. The Morgan fingerprint density at radius 1 is 1.64 bits per heavy atom. The molecule has 0 aliphatic carbocycles. The lowest BCUT2D eigenvalue weighted by atomic mass is 10.1. The molecule has 1 heterocycles. The smallest absolute Gasteiger partial charge is 0.409 e. The summed E-state index contributed by atoms with van der Waals surface area (Å²) in [6.45, 7) is 2.45. The molecule has 1 saturated heterocycles. The Bertz CT molecular complexity index is 187. The van der Waals surface area contributed by atoms with E-state index in [0.29, 0.717) is 19.7 Å². The molecule has 2 N–H and O–H groups in total. The number of nitrogens with zero attached hydrogens (tertiary/aromatic N) is 1. The van der Waals surface area contributed by atoms with Gasteiger partial charge in [0.2, 0.25) is 0 Å². The number of carbonyl (C=O) groups excluding carboxylic acids is 1. The summed E-state index contributed by atoms with van der Waals surface area (Å²) in [5, 5.41) is 0. The average Bonchev–Trinajstić information content (AvgIpc) is 2.25. The zero-order valence-electron chi connectivity index (χ0n) is 8.57. The molecular weight excluding hydrogens is 184 g/mol. The summed E-state index contributed by atoms with van der Waals surface area (Å²) in [5.41, 5.74) is 5.34. The van der Waals surface area contributed by atoms with Gasteiger partial charge in [0.05, 0.1) is 26.4 Å². The summed E-state index contributed by atoms with van der Waals surface area (Å²) in [6.07, 6.45) is 1.80. The van der Waals surface area contributed by atoms with Crippen molar-refractivity contribution < 1.29 is 14.3 Å². The average molecular weight is 202 g/mol. The summed E-state index contributed by atoms with van der Waals surface area (Å²) in [6, 6.07) is 0. The quantitative estimate of drug-likeness (QED) is 0.709. The number of hydrogen-bond acceptors (Lipinski definition) is 4. The van der Waals surface area contributed by atoms with Gasteiger partial charge in [-0.3, -0.25) is 0 Å². The standard InChI is InChI=1S/C9H18N2O3/c1-13-9(12)11-5-2-3-8(7-11)14-6-4-10/h8H,2-7,10H2,1H3. The van der Waals surface area contributed by atoms with Crippen LogP contribution in [-0.2, 0) is 9.47 Å². The molecule has 0 saturated carbocycles. The van der Waals surface area contributed by atoms with Crippen molar-refractivity contribution in [3.8, 4) is 0 Å². The van der Waals surface area contributed by atoms with Gasteiger partial charge in [-0.1, -0.05) is 0 Å². The van der Waals surface area contributed by atoms with Crippen molar-refractivity contribution in [3.63, 3.8) is 0 Å². The van der Waals surface area contributed by atoms with Crippen molar-refractivity contribution in [2.24, 2.45) is 5.73 Å². The van der Waals surface area contributed by atoms with Crippen molar-refractivity contribution in [1.82, 2.24) is 4.90 Å². The fraction of sp³-hybridized carbons (Fsp3) is 0.889. The number of nitrogens with two attached hydrogens (primary N) is 1. The summed E-state index contributed by atoms with van der Waals surface area (Å²) in [4.78, 5) is 12.9. The third kappa shape index (κ3) is 3.16. The third-order valence-corrected chi connectivity index (χ3v) is 2.28. The molecule has 0 spiro atoms. The molecule has 1 unspecified atom stereocenters. The Morgan fingerprint density at radius 3 is 3.07 bits per heavy atom. The number of piperidine rings is 1. The lowest BCUT2D eigenvalue weighted by molar-refractivity contribution is 0.00410. The fourth-order valence-corrected chi connectivity index (χ4v) is 1.60. The summed E-state index contributed by atoms with van der Waals surface area (Å²) in [7, 11) is 1.40. The molecule has 0 aromatic carbocycles. The van der Waals surface area contributed by atoms with Crippen LogP contribution in [0.15, 0.2) is 0 Å². The van der Waals surface area contributed by atoms with Crippen LogP contribution in [0, 0.1) is 0 Å². The number of rotatable bonds is 3. The van der Waals surface area contributed by atoms with E-state index in [9.17, 15) is 4.79 Å². The summed E-state index contributed by atoms with van der Waals surface area (Å²) >= 11 is 0. The van der Waals surface area contributed by atoms with E-state index in [1.807, 2.05) is 0 Å². The molecule has 5 heteroatoms. The van der Waals surface area contributed by atoms with Crippen LogP contribution in [0.1, 0.15) is 12.8 Å². The molecule has 1 aliphatic heterocycles. The van der Waals surface area contributed by atoms with Crippen LogP contribution in [0.3, 0.4) is 0 Å². The number of hydrogen-bond donors (Lipinski definition) is 1. The van der Waals surface area contributed by atoms with E-state index in [-0.39, 0.29) is 12.2 Å². The first kappa shape index (κ1) is 11.3. The topological polar surface area (TPSA) is 64.8 Å². The zero-order chi connectivity index (χ0) is 10.4. The molecule has 14 heavy (non-hydrogen) atoms. The molecule has 1 aliphatic rings. The molecule has 5 nitrogen and oxygen atoms in total. The van der Waals surface area contributed by atoms with E-state index in [2.05, 4.69) is 4.74 Å². The second kappa shape index (κ2) is 5.82. The highest BCUT2D eigenvalue weighted by Gasteiger charge is 2.24. The lowest BCUT2D eigenvalue weighted by Gasteiger charge is -2.31. The monoisotopic (exact) mass is 202 g/mol. The van der Waals surface area contributed by atoms with Crippen molar-refractivity contribution in [1.29, 1.82) is 0 Å². The zero-order valence-corrected chi connectivity index (χ0v) is 8.57. The SMILES string of the molecule is COC(=O)N1CCCC(OCCN)C1. The van der Waals surface area contributed by atoms with Gasteiger partial charge in [-0.2, -0.15) is 0 Å². The van der Waals surface area contributed by atoms with Gasteiger partial charge in [0.1, 0.15) is 0 Å². The maximum atomic E-state index is 11.2. The van der Waals surface area contributed by atoms with Crippen LogP contribution in [0.5, 0.6) is 0 Å². The van der Waals surface area contributed by atoms with Gasteiger partial charge in [0, 0.05) is 13.1 Å². The van der Waals surface area contributed by atoms with E-state index >= 15 is 0 Å². The number of carbonyl (C=O) groups is 1. The number of amides is 1. The van der Waals surface area contributed by atoms with Crippen LogP contribution in [0.4, 0.5) is 4.79 Å². The normalized spacial score (nSPS) is 22.1. The van der Waals surface area contributed by atoms with Gasteiger partial charge >= 0.3 is 6.09 Å². The van der Waals surface area contributed by atoms with Gasteiger partial charge in [-0.25, -0.2) is 4.79 Å². The number of ether oxygens (including phenoxy) is 2.